The van der Waals surface area contributed by atoms with E-state index in [1.165, 1.54) is 0 Å². The minimum absolute atomic E-state index is 0.0805. The number of fused-ring (bicyclic) bond motifs is 1. The molecule has 0 unspecified atom stereocenters. The topological polar surface area (TPSA) is 105 Å². The Morgan fingerprint density at radius 1 is 1.25 bits per heavy atom. The van der Waals surface area contributed by atoms with E-state index in [0.29, 0.717) is 35.5 Å². The number of nitrogens with zero attached hydrogens (tertiary/aromatic N) is 6. The van der Waals surface area contributed by atoms with Crippen LogP contribution < -0.4 is 16.0 Å². The van der Waals surface area contributed by atoms with Crippen molar-refractivity contribution >= 4 is 35.0 Å². The number of hydrogen-bond donors (Lipinski definition) is 2. The zero-order valence-electron chi connectivity index (χ0n) is 15.4. The molecular formula is C19H20N8O. The van der Waals surface area contributed by atoms with Crippen LogP contribution in [0.2, 0.25) is 0 Å². The first-order valence-electron chi connectivity index (χ1n) is 9.17. The third-order valence-corrected chi connectivity index (χ3v) is 4.90. The van der Waals surface area contributed by atoms with Crippen LogP contribution in [-0.4, -0.2) is 36.7 Å². The molecule has 1 aliphatic heterocycles. The van der Waals surface area contributed by atoms with Gasteiger partial charge in [0.1, 0.15) is 0 Å². The van der Waals surface area contributed by atoms with E-state index in [1.54, 1.807) is 27.9 Å². The van der Waals surface area contributed by atoms with Crippen LogP contribution in [0, 0.1) is 0 Å². The van der Waals surface area contributed by atoms with Crippen LogP contribution in [0.15, 0.2) is 42.7 Å². The van der Waals surface area contributed by atoms with Crippen LogP contribution in [0.4, 0.5) is 33.8 Å². The Balaban J connectivity index is 1.57. The van der Waals surface area contributed by atoms with Gasteiger partial charge in [0, 0.05) is 42.8 Å². The van der Waals surface area contributed by atoms with Gasteiger partial charge in [0.2, 0.25) is 5.95 Å². The summed E-state index contributed by atoms with van der Waals surface area (Å²) < 4.78 is 1.69. The summed E-state index contributed by atoms with van der Waals surface area (Å²) in [6.45, 7) is 0.515. The summed E-state index contributed by atoms with van der Waals surface area (Å²) in [6.07, 6.45) is 5.67. The van der Waals surface area contributed by atoms with Gasteiger partial charge < -0.3 is 16.0 Å². The third kappa shape index (κ3) is 2.90. The molecule has 0 bridgehead atoms. The molecule has 0 atom stereocenters. The number of aromatic nitrogens is 4. The molecule has 0 saturated heterocycles. The fourth-order valence-corrected chi connectivity index (χ4v) is 3.40. The van der Waals surface area contributed by atoms with Gasteiger partial charge in [0.15, 0.2) is 11.6 Å². The molecule has 28 heavy (non-hydrogen) atoms. The van der Waals surface area contributed by atoms with E-state index in [4.69, 9.17) is 5.73 Å². The van der Waals surface area contributed by atoms with Gasteiger partial charge in [-0.05, 0) is 31.0 Å². The quantitative estimate of drug-likeness (QED) is 0.679. The Labute approximate surface area is 161 Å². The maximum Gasteiger partial charge on any atom is 0.330 e. The molecule has 1 saturated carbocycles. The number of anilines is 5. The summed E-state index contributed by atoms with van der Waals surface area (Å²) in [6, 6.07) is 9.32. The standard InChI is InChI=1S/C19H20N8O/c1-25-8-7-16(24-25)22-18-21-10-12-11-26(14-5-6-14)19(28)27(17(12)23-18)15-4-2-3-13(20)9-15/h2-4,7-10,14H,5-6,11,20H2,1H3,(H,21,22,23,24). The minimum atomic E-state index is -0.0805. The number of aryl methyl sites for hydroxylation is 1. The van der Waals surface area contributed by atoms with Crippen molar-refractivity contribution in [2.45, 2.75) is 25.4 Å². The smallest absolute Gasteiger partial charge is 0.330 e. The lowest BCUT2D eigenvalue weighted by Crippen LogP contribution is -2.46. The van der Waals surface area contributed by atoms with E-state index in [2.05, 4.69) is 20.4 Å². The van der Waals surface area contributed by atoms with Crippen LogP contribution in [0.25, 0.3) is 0 Å². The van der Waals surface area contributed by atoms with Gasteiger partial charge in [-0.3, -0.25) is 4.68 Å². The largest absolute Gasteiger partial charge is 0.399 e. The number of carbonyl (C=O) groups is 1. The van der Waals surface area contributed by atoms with Crippen molar-refractivity contribution in [2.75, 3.05) is 16.0 Å². The molecule has 9 nitrogen and oxygen atoms in total. The van der Waals surface area contributed by atoms with Crippen LogP contribution in [0.5, 0.6) is 0 Å². The number of rotatable bonds is 4. The monoisotopic (exact) mass is 376 g/mol. The fraction of sp³-hybridized carbons (Fsp3) is 0.263. The Morgan fingerprint density at radius 2 is 2.11 bits per heavy atom. The molecule has 5 rings (SSSR count). The molecule has 2 amide bonds. The molecule has 1 aliphatic carbocycles. The molecular weight excluding hydrogens is 356 g/mol. The van der Waals surface area contributed by atoms with Crippen LogP contribution >= 0.6 is 0 Å². The van der Waals surface area contributed by atoms with Crippen molar-refractivity contribution in [3.05, 3.63) is 48.3 Å². The van der Waals surface area contributed by atoms with Crippen LogP contribution in [0.1, 0.15) is 18.4 Å². The summed E-state index contributed by atoms with van der Waals surface area (Å²) in [5.41, 5.74) is 8.16. The lowest BCUT2D eigenvalue weighted by molar-refractivity contribution is 0.198. The van der Waals surface area contributed by atoms with E-state index < -0.39 is 0 Å². The van der Waals surface area contributed by atoms with E-state index in [1.807, 2.05) is 36.3 Å². The number of amides is 2. The van der Waals surface area contributed by atoms with Crippen molar-refractivity contribution in [3.63, 3.8) is 0 Å². The van der Waals surface area contributed by atoms with Crippen molar-refractivity contribution in [2.24, 2.45) is 7.05 Å². The molecule has 3 heterocycles. The zero-order chi connectivity index (χ0) is 19.3. The minimum Gasteiger partial charge on any atom is -0.399 e. The number of benzene rings is 1. The second-order valence-corrected chi connectivity index (χ2v) is 7.11. The highest BCUT2D eigenvalue weighted by atomic mass is 16.2. The highest BCUT2D eigenvalue weighted by Crippen LogP contribution is 2.39. The zero-order valence-corrected chi connectivity index (χ0v) is 15.4. The number of nitrogens with two attached hydrogens (primary N) is 1. The molecule has 2 aliphatic rings. The summed E-state index contributed by atoms with van der Waals surface area (Å²) in [4.78, 5) is 25.8. The number of carbonyl (C=O) groups excluding carboxylic acids is 1. The van der Waals surface area contributed by atoms with E-state index in [-0.39, 0.29) is 12.1 Å². The second-order valence-electron chi connectivity index (χ2n) is 7.11. The van der Waals surface area contributed by atoms with E-state index in [9.17, 15) is 4.79 Å². The second kappa shape index (κ2) is 6.22. The Bertz CT molecular complexity index is 1060. The SMILES string of the molecule is Cn1ccc(Nc2ncc3c(n2)N(c2cccc(N)c2)C(=O)N(C2CC2)C3)n1. The van der Waals surface area contributed by atoms with Gasteiger partial charge in [-0.15, -0.1) is 0 Å². The number of urea groups is 1. The van der Waals surface area contributed by atoms with Crippen molar-refractivity contribution in [3.8, 4) is 0 Å². The molecule has 3 N–H and O–H groups in total. The van der Waals surface area contributed by atoms with Gasteiger partial charge in [0.05, 0.1) is 12.2 Å². The predicted molar refractivity (Wildman–Crippen MR) is 105 cm³/mol. The Hall–Kier alpha value is -3.62. The molecule has 0 spiro atoms. The molecule has 1 aromatic carbocycles. The molecule has 9 heteroatoms. The predicted octanol–water partition coefficient (Wildman–Crippen LogP) is 2.77. The number of nitrogen functional groups attached to an aromatic ring is 1. The highest BCUT2D eigenvalue weighted by Gasteiger charge is 2.41. The lowest BCUT2D eigenvalue weighted by atomic mass is 10.1. The molecule has 142 valence electrons. The molecule has 1 fully saturated rings. The Morgan fingerprint density at radius 3 is 2.82 bits per heavy atom. The van der Waals surface area contributed by atoms with Crippen molar-refractivity contribution in [1.29, 1.82) is 0 Å². The maximum absolute atomic E-state index is 13.3. The van der Waals surface area contributed by atoms with E-state index >= 15 is 0 Å². The fourth-order valence-electron chi connectivity index (χ4n) is 3.40. The third-order valence-electron chi connectivity index (χ3n) is 4.90. The van der Waals surface area contributed by atoms with Gasteiger partial charge in [-0.25, -0.2) is 14.7 Å². The molecule has 0 radical (unpaired) electrons. The summed E-state index contributed by atoms with van der Waals surface area (Å²) in [5.74, 6) is 1.60. The normalized spacial score (nSPS) is 16.2. The summed E-state index contributed by atoms with van der Waals surface area (Å²) >= 11 is 0. The molecule has 3 aromatic rings. The van der Waals surface area contributed by atoms with Crippen LogP contribution in [-0.2, 0) is 13.6 Å². The average Bonchev–Trinajstić information content (AvgIpc) is 3.43. The Kier molecular flexibility index (Phi) is 3.68. The average molecular weight is 376 g/mol. The first kappa shape index (κ1) is 16.5. The maximum atomic E-state index is 13.3. The number of nitrogens with one attached hydrogen (secondary N) is 1. The van der Waals surface area contributed by atoms with Crippen LogP contribution in [0.3, 0.4) is 0 Å². The van der Waals surface area contributed by atoms with Crippen molar-refractivity contribution < 1.29 is 4.79 Å². The van der Waals surface area contributed by atoms with Gasteiger partial charge >= 0.3 is 6.03 Å². The first-order valence-corrected chi connectivity index (χ1v) is 9.17. The van der Waals surface area contributed by atoms with Crippen molar-refractivity contribution in [1.82, 2.24) is 24.6 Å². The van der Waals surface area contributed by atoms with Gasteiger partial charge in [0.25, 0.3) is 0 Å². The first-order chi connectivity index (χ1) is 13.6. The van der Waals surface area contributed by atoms with Gasteiger partial charge in [-0.1, -0.05) is 6.07 Å². The number of hydrogen-bond acceptors (Lipinski definition) is 6. The van der Waals surface area contributed by atoms with E-state index in [0.717, 1.165) is 18.4 Å². The molecule has 2 aromatic heterocycles. The summed E-state index contributed by atoms with van der Waals surface area (Å²) in [7, 11) is 1.84. The highest BCUT2D eigenvalue weighted by molar-refractivity contribution is 6.01. The lowest BCUT2D eigenvalue weighted by Gasteiger charge is -2.36. The summed E-state index contributed by atoms with van der Waals surface area (Å²) in [5, 5.41) is 7.37. The van der Waals surface area contributed by atoms with Gasteiger partial charge in [-0.2, -0.15) is 10.1 Å².